The number of carbonyl (C=O) groups is 1. The SMILES string of the molecule is Cc1cc(C)c(O)c(-c2n[nH]c3c2[C@H](c2cccc(O)c2)N(Cc2ccco2)C3=O)c1. The van der Waals surface area contributed by atoms with Gasteiger partial charge in [-0.15, -0.1) is 0 Å². The van der Waals surface area contributed by atoms with Crippen molar-refractivity contribution in [2.24, 2.45) is 0 Å². The van der Waals surface area contributed by atoms with Gasteiger partial charge >= 0.3 is 0 Å². The zero-order chi connectivity index (χ0) is 21.7. The van der Waals surface area contributed by atoms with E-state index in [9.17, 15) is 15.0 Å². The zero-order valence-electron chi connectivity index (χ0n) is 17.1. The number of rotatable bonds is 4. The highest BCUT2D eigenvalue weighted by Gasteiger charge is 2.43. The van der Waals surface area contributed by atoms with Gasteiger partial charge in [-0.2, -0.15) is 5.10 Å². The summed E-state index contributed by atoms with van der Waals surface area (Å²) in [5, 5.41) is 28.1. The number of fused-ring (bicyclic) bond motifs is 1. The molecule has 0 aliphatic carbocycles. The second kappa shape index (κ2) is 7.05. The number of nitrogens with one attached hydrogen (secondary N) is 1. The molecule has 4 aromatic rings. The number of benzene rings is 2. The van der Waals surface area contributed by atoms with E-state index in [2.05, 4.69) is 10.2 Å². The van der Waals surface area contributed by atoms with Gasteiger partial charge in [0.25, 0.3) is 5.91 Å². The van der Waals surface area contributed by atoms with E-state index >= 15 is 0 Å². The number of aryl methyl sites for hydroxylation is 2. The Hall–Kier alpha value is -4.00. The van der Waals surface area contributed by atoms with Crippen molar-refractivity contribution in [1.29, 1.82) is 0 Å². The molecule has 3 N–H and O–H groups in total. The summed E-state index contributed by atoms with van der Waals surface area (Å²) >= 11 is 0. The van der Waals surface area contributed by atoms with Crippen LogP contribution in [0.1, 0.15) is 44.5 Å². The first kappa shape index (κ1) is 19.0. The Morgan fingerprint density at radius 1 is 1.13 bits per heavy atom. The largest absolute Gasteiger partial charge is 0.508 e. The summed E-state index contributed by atoms with van der Waals surface area (Å²) in [7, 11) is 0. The third-order valence-electron chi connectivity index (χ3n) is 5.66. The zero-order valence-corrected chi connectivity index (χ0v) is 17.1. The molecule has 1 aliphatic rings. The number of nitrogens with zero attached hydrogens (tertiary/aromatic N) is 2. The highest BCUT2D eigenvalue weighted by molar-refractivity contribution is 6.00. The predicted molar refractivity (Wildman–Crippen MR) is 114 cm³/mol. The van der Waals surface area contributed by atoms with E-state index in [0.29, 0.717) is 28.3 Å². The summed E-state index contributed by atoms with van der Waals surface area (Å²) in [6.45, 7) is 4.04. The Labute approximate surface area is 178 Å². The molecular formula is C24H21N3O4. The summed E-state index contributed by atoms with van der Waals surface area (Å²) in [5.41, 5.74) is 4.57. The van der Waals surface area contributed by atoms with E-state index in [1.807, 2.05) is 38.1 Å². The van der Waals surface area contributed by atoms with Crippen LogP contribution < -0.4 is 0 Å². The fourth-order valence-corrected chi connectivity index (χ4v) is 4.32. The van der Waals surface area contributed by atoms with Crippen LogP contribution in [-0.2, 0) is 6.54 Å². The van der Waals surface area contributed by atoms with Gasteiger partial charge in [0.1, 0.15) is 28.6 Å². The van der Waals surface area contributed by atoms with Crippen LogP contribution in [0, 0.1) is 13.8 Å². The summed E-state index contributed by atoms with van der Waals surface area (Å²) in [6.07, 6.45) is 1.57. The van der Waals surface area contributed by atoms with Gasteiger partial charge in [-0.05, 0) is 60.9 Å². The fraction of sp³-hybridized carbons (Fsp3) is 0.167. The maximum Gasteiger partial charge on any atom is 0.273 e. The van der Waals surface area contributed by atoms with Gasteiger partial charge in [-0.3, -0.25) is 9.89 Å². The third kappa shape index (κ3) is 3.06. The molecule has 0 bridgehead atoms. The van der Waals surface area contributed by atoms with Gasteiger partial charge in [0.05, 0.1) is 18.8 Å². The molecule has 7 heteroatoms. The van der Waals surface area contributed by atoms with E-state index in [1.165, 1.54) is 0 Å². The number of amides is 1. The Balaban J connectivity index is 1.71. The summed E-state index contributed by atoms with van der Waals surface area (Å²) < 4.78 is 5.48. The molecule has 2 aromatic heterocycles. The lowest BCUT2D eigenvalue weighted by Crippen LogP contribution is -2.28. The molecule has 1 atom stereocenters. The normalized spacial score (nSPS) is 15.5. The number of hydrogen-bond acceptors (Lipinski definition) is 5. The molecule has 156 valence electrons. The highest BCUT2D eigenvalue weighted by Crippen LogP contribution is 2.46. The maximum atomic E-state index is 13.3. The number of carbonyl (C=O) groups excluding carboxylic acids is 1. The molecule has 1 aliphatic heterocycles. The van der Waals surface area contributed by atoms with Crippen molar-refractivity contribution < 1.29 is 19.4 Å². The van der Waals surface area contributed by atoms with Crippen molar-refractivity contribution >= 4 is 5.91 Å². The van der Waals surface area contributed by atoms with Gasteiger partial charge in [-0.25, -0.2) is 0 Å². The average Bonchev–Trinajstić information content (AvgIpc) is 3.45. The van der Waals surface area contributed by atoms with Crippen molar-refractivity contribution in [2.45, 2.75) is 26.4 Å². The fourth-order valence-electron chi connectivity index (χ4n) is 4.32. The van der Waals surface area contributed by atoms with Crippen LogP contribution in [-0.4, -0.2) is 31.2 Å². The highest BCUT2D eigenvalue weighted by atomic mass is 16.3. The smallest absolute Gasteiger partial charge is 0.273 e. The molecular weight excluding hydrogens is 394 g/mol. The first-order valence-corrected chi connectivity index (χ1v) is 9.95. The monoisotopic (exact) mass is 415 g/mol. The van der Waals surface area contributed by atoms with Crippen molar-refractivity contribution in [3.8, 4) is 22.8 Å². The molecule has 0 radical (unpaired) electrons. The van der Waals surface area contributed by atoms with Crippen LogP contribution >= 0.6 is 0 Å². The van der Waals surface area contributed by atoms with Crippen LogP contribution in [0.3, 0.4) is 0 Å². The first-order valence-electron chi connectivity index (χ1n) is 9.95. The van der Waals surface area contributed by atoms with Crippen molar-refractivity contribution in [1.82, 2.24) is 15.1 Å². The molecule has 0 fully saturated rings. The lowest BCUT2D eigenvalue weighted by atomic mass is 9.94. The molecule has 0 unspecified atom stereocenters. The number of aromatic nitrogens is 2. The molecule has 0 spiro atoms. The van der Waals surface area contributed by atoms with Gasteiger partial charge in [0.15, 0.2) is 0 Å². The number of aromatic amines is 1. The van der Waals surface area contributed by atoms with Gasteiger partial charge in [-0.1, -0.05) is 18.2 Å². The number of phenolic OH excluding ortho intramolecular Hbond substituents is 2. The summed E-state index contributed by atoms with van der Waals surface area (Å²) in [5.74, 6) is 0.664. The van der Waals surface area contributed by atoms with E-state index < -0.39 is 6.04 Å². The van der Waals surface area contributed by atoms with Gasteiger partial charge < -0.3 is 19.5 Å². The van der Waals surface area contributed by atoms with Crippen LogP contribution in [0.2, 0.25) is 0 Å². The molecule has 31 heavy (non-hydrogen) atoms. The molecule has 7 nitrogen and oxygen atoms in total. The minimum absolute atomic E-state index is 0.107. The van der Waals surface area contributed by atoms with E-state index in [1.54, 1.807) is 35.4 Å². The Morgan fingerprint density at radius 3 is 2.71 bits per heavy atom. The minimum Gasteiger partial charge on any atom is -0.508 e. The quantitative estimate of drug-likeness (QED) is 0.457. The van der Waals surface area contributed by atoms with Crippen molar-refractivity contribution in [2.75, 3.05) is 0 Å². The van der Waals surface area contributed by atoms with E-state index in [0.717, 1.165) is 16.7 Å². The summed E-state index contributed by atoms with van der Waals surface area (Å²) in [4.78, 5) is 15.0. The van der Waals surface area contributed by atoms with E-state index in [4.69, 9.17) is 4.42 Å². The van der Waals surface area contributed by atoms with Crippen LogP contribution in [0.4, 0.5) is 0 Å². The lowest BCUT2D eigenvalue weighted by Gasteiger charge is -2.25. The minimum atomic E-state index is -0.506. The molecule has 3 heterocycles. The van der Waals surface area contributed by atoms with Crippen LogP contribution in [0.25, 0.3) is 11.3 Å². The molecule has 5 rings (SSSR count). The standard InChI is InChI=1S/C24H21N3O4/c1-13-9-14(2)23(29)18(10-13)20-19-21(26-25-20)24(30)27(12-17-7-4-8-31-17)22(19)15-5-3-6-16(28)11-15/h3-11,22,28-29H,12H2,1-2H3,(H,25,26)/t22-/m0/s1. The van der Waals surface area contributed by atoms with Crippen molar-refractivity contribution in [3.63, 3.8) is 0 Å². The molecule has 0 saturated carbocycles. The number of H-pyrrole nitrogens is 1. The Kier molecular flexibility index (Phi) is 4.32. The van der Waals surface area contributed by atoms with Gasteiger partial charge in [0, 0.05) is 11.1 Å². The first-order chi connectivity index (χ1) is 14.9. The number of hydrogen-bond donors (Lipinski definition) is 3. The van der Waals surface area contributed by atoms with Crippen molar-refractivity contribution in [3.05, 3.63) is 88.5 Å². The molecule has 1 amide bonds. The Morgan fingerprint density at radius 2 is 1.97 bits per heavy atom. The Bertz CT molecular complexity index is 1290. The van der Waals surface area contributed by atoms with Crippen LogP contribution in [0.15, 0.2) is 59.2 Å². The maximum absolute atomic E-state index is 13.3. The van der Waals surface area contributed by atoms with Gasteiger partial charge in [0.2, 0.25) is 0 Å². The topological polar surface area (TPSA) is 103 Å². The summed E-state index contributed by atoms with van der Waals surface area (Å²) in [6, 6.07) is 13.7. The molecule has 0 saturated heterocycles. The average molecular weight is 415 g/mol. The second-order valence-electron chi connectivity index (χ2n) is 7.85. The van der Waals surface area contributed by atoms with E-state index in [-0.39, 0.29) is 24.0 Å². The third-order valence-corrected chi connectivity index (χ3v) is 5.66. The second-order valence-corrected chi connectivity index (χ2v) is 7.85. The molecule has 2 aromatic carbocycles. The number of phenols is 2. The predicted octanol–water partition coefficient (Wildman–Crippen LogP) is 4.44. The number of aromatic hydroxyl groups is 2. The number of furan rings is 1. The lowest BCUT2D eigenvalue weighted by molar-refractivity contribution is 0.0716. The van der Waals surface area contributed by atoms with Crippen LogP contribution in [0.5, 0.6) is 11.5 Å².